The fourth-order valence-corrected chi connectivity index (χ4v) is 3.53. The first-order valence-electron chi connectivity index (χ1n) is 7.54. The number of hydrogen-bond donors (Lipinski definition) is 1. The molecular formula is C17H18N2O3S. The first-order valence-corrected chi connectivity index (χ1v) is 8.76. The topological polar surface area (TPSA) is 66.5 Å². The van der Waals surface area contributed by atoms with Crippen molar-refractivity contribution in [3.63, 3.8) is 0 Å². The summed E-state index contributed by atoms with van der Waals surface area (Å²) in [6.45, 7) is -0.214. The molecule has 0 spiro atoms. The molecule has 0 aromatic heterocycles. The van der Waals surface area contributed by atoms with Crippen LogP contribution in [0.4, 0.5) is 5.69 Å². The van der Waals surface area contributed by atoms with Gasteiger partial charge in [0.05, 0.1) is 11.8 Å². The Morgan fingerprint density at radius 3 is 2.48 bits per heavy atom. The Kier molecular flexibility index (Phi) is 4.52. The standard InChI is InChI=1S/C17H18N2O3S/c1-23-12-6-4-5-11(9-12)18-15(20)10-19-16(21)13-7-2-3-8-14(13)17(19)22/h2-6,9,13-14H,7-8,10H2,1H3,(H,18,20)/t13-,14-/m0/s1. The number of carbonyl (C=O) groups excluding carboxylic acids is 3. The summed E-state index contributed by atoms with van der Waals surface area (Å²) >= 11 is 1.58. The lowest BCUT2D eigenvalue weighted by atomic mass is 9.85. The van der Waals surface area contributed by atoms with Crippen molar-refractivity contribution in [1.82, 2.24) is 4.90 Å². The van der Waals surface area contributed by atoms with Crippen molar-refractivity contribution >= 4 is 35.2 Å². The summed E-state index contributed by atoms with van der Waals surface area (Å²) in [5.74, 6) is -1.38. The van der Waals surface area contributed by atoms with Crippen LogP contribution in [0.5, 0.6) is 0 Å². The molecule has 1 saturated heterocycles. The molecule has 0 saturated carbocycles. The molecule has 5 nitrogen and oxygen atoms in total. The smallest absolute Gasteiger partial charge is 0.244 e. The lowest BCUT2D eigenvalue weighted by Gasteiger charge is -2.14. The van der Waals surface area contributed by atoms with E-state index in [2.05, 4.69) is 5.32 Å². The minimum Gasteiger partial charge on any atom is -0.324 e. The van der Waals surface area contributed by atoms with Crippen molar-refractivity contribution in [3.05, 3.63) is 36.4 Å². The number of amides is 3. The van der Waals surface area contributed by atoms with E-state index in [4.69, 9.17) is 0 Å². The van der Waals surface area contributed by atoms with Gasteiger partial charge in [0, 0.05) is 10.6 Å². The fourth-order valence-electron chi connectivity index (χ4n) is 3.07. The van der Waals surface area contributed by atoms with Gasteiger partial charge in [-0.05, 0) is 37.3 Å². The van der Waals surface area contributed by atoms with Gasteiger partial charge >= 0.3 is 0 Å². The first-order chi connectivity index (χ1) is 11.1. The Bertz CT molecular complexity index is 660. The van der Waals surface area contributed by atoms with Gasteiger partial charge in [-0.3, -0.25) is 19.3 Å². The average molecular weight is 330 g/mol. The van der Waals surface area contributed by atoms with Crippen molar-refractivity contribution < 1.29 is 14.4 Å². The molecule has 1 aliphatic carbocycles. The molecular weight excluding hydrogens is 312 g/mol. The molecule has 3 amide bonds. The van der Waals surface area contributed by atoms with E-state index in [9.17, 15) is 14.4 Å². The number of hydrogen-bond acceptors (Lipinski definition) is 4. The van der Waals surface area contributed by atoms with Crippen LogP contribution in [0.25, 0.3) is 0 Å². The summed E-state index contributed by atoms with van der Waals surface area (Å²) in [6, 6.07) is 7.45. The number of likely N-dealkylation sites (tertiary alicyclic amines) is 1. The monoisotopic (exact) mass is 330 g/mol. The molecule has 3 rings (SSSR count). The molecule has 1 aromatic carbocycles. The minimum absolute atomic E-state index is 0.214. The highest BCUT2D eigenvalue weighted by molar-refractivity contribution is 7.98. The molecule has 120 valence electrons. The maximum atomic E-state index is 12.3. The summed E-state index contributed by atoms with van der Waals surface area (Å²) in [6.07, 6.45) is 7.00. The van der Waals surface area contributed by atoms with Crippen LogP contribution in [0.2, 0.25) is 0 Å². The Morgan fingerprint density at radius 2 is 1.87 bits per heavy atom. The van der Waals surface area contributed by atoms with Gasteiger partial charge in [0.1, 0.15) is 6.54 Å². The Labute approximate surface area is 139 Å². The molecule has 0 bridgehead atoms. The number of imide groups is 1. The quantitative estimate of drug-likeness (QED) is 0.523. The molecule has 1 fully saturated rings. The summed E-state index contributed by atoms with van der Waals surface area (Å²) < 4.78 is 0. The summed E-state index contributed by atoms with van der Waals surface area (Å²) in [4.78, 5) is 39.0. The SMILES string of the molecule is CSc1cccc(NC(=O)CN2C(=O)[C@H]3CC=CC[C@@H]3C2=O)c1. The second kappa shape index (κ2) is 6.58. The predicted octanol–water partition coefficient (Wildman–Crippen LogP) is 2.30. The number of nitrogens with zero attached hydrogens (tertiary/aromatic N) is 1. The number of anilines is 1. The maximum absolute atomic E-state index is 12.3. The average Bonchev–Trinajstić information content (AvgIpc) is 2.80. The van der Waals surface area contributed by atoms with Crippen molar-refractivity contribution in [2.75, 3.05) is 18.1 Å². The summed E-state index contributed by atoms with van der Waals surface area (Å²) in [7, 11) is 0. The molecule has 1 N–H and O–H groups in total. The van der Waals surface area contributed by atoms with Crippen LogP contribution in [-0.4, -0.2) is 35.4 Å². The van der Waals surface area contributed by atoms with Crippen LogP contribution in [0.15, 0.2) is 41.3 Å². The molecule has 1 heterocycles. The van der Waals surface area contributed by atoms with Crippen LogP contribution in [0.3, 0.4) is 0 Å². The minimum atomic E-state index is -0.350. The summed E-state index contributed by atoms with van der Waals surface area (Å²) in [5, 5.41) is 2.75. The zero-order valence-electron chi connectivity index (χ0n) is 12.8. The van der Waals surface area contributed by atoms with E-state index in [1.807, 2.05) is 36.6 Å². The highest BCUT2D eigenvalue weighted by Gasteiger charge is 2.47. The largest absolute Gasteiger partial charge is 0.324 e. The first kappa shape index (κ1) is 15.8. The Morgan fingerprint density at radius 1 is 1.22 bits per heavy atom. The van der Waals surface area contributed by atoms with E-state index >= 15 is 0 Å². The second-order valence-electron chi connectivity index (χ2n) is 5.70. The number of carbonyl (C=O) groups is 3. The van der Waals surface area contributed by atoms with Crippen molar-refractivity contribution in [3.8, 4) is 0 Å². The van der Waals surface area contributed by atoms with Crippen LogP contribution < -0.4 is 5.32 Å². The third-order valence-electron chi connectivity index (χ3n) is 4.25. The zero-order chi connectivity index (χ0) is 16.4. The summed E-state index contributed by atoms with van der Waals surface area (Å²) in [5.41, 5.74) is 0.667. The third-order valence-corrected chi connectivity index (χ3v) is 4.98. The number of benzene rings is 1. The van der Waals surface area contributed by atoms with Crippen LogP contribution >= 0.6 is 11.8 Å². The van der Waals surface area contributed by atoms with Gasteiger partial charge in [-0.25, -0.2) is 0 Å². The van der Waals surface area contributed by atoms with E-state index in [0.29, 0.717) is 18.5 Å². The molecule has 1 aromatic rings. The van der Waals surface area contributed by atoms with Gasteiger partial charge in [-0.15, -0.1) is 11.8 Å². The van der Waals surface area contributed by atoms with Gasteiger partial charge in [0.25, 0.3) is 0 Å². The Hall–Kier alpha value is -2.08. The van der Waals surface area contributed by atoms with E-state index < -0.39 is 0 Å². The lowest BCUT2D eigenvalue weighted by Crippen LogP contribution is -2.38. The number of thioether (sulfide) groups is 1. The molecule has 23 heavy (non-hydrogen) atoms. The van der Waals surface area contributed by atoms with Gasteiger partial charge in [0.2, 0.25) is 17.7 Å². The van der Waals surface area contributed by atoms with Crippen molar-refractivity contribution in [1.29, 1.82) is 0 Å². The van der Waals surface area contributed by atoms with Crippen LogP contribution in [0, 0.1) is 11.8 Å². The van der Waals surface area contributed by atoms with Crippen molar-refractivity contribution in [2.24, 2.45) is 11.8 Å². The number of fused-ring (bicyclic) bond motifs is 1. The van der Waals surface area contributed by atoms with E-state index in [-0.39, 0.29) is 36.1 Å². The molecule has 0 radical (unpaired) electrons. The fraction of sp³-hybridized carbons (Fsp3) is 0.353. The number of rotatable bonds is 4. The van der Waals surface area contributed by atoms with Crippen molar-refractivity contribution in [2.45, 2.75) is 17.7 Å². The normalized spacial score (nSPS) is 23.1. The van der Waals surface area contributed by atoms with Gasteiger partial charge in [-0.1, -0.05) is 18.2 Å². The third kappa shape index (κ3) is 3.17. The Balaban J connectivity index is 1.66. The molecule has 2 aliphatic rings. The van der Waals surface area contributed by atoms with E-state index in [1.165, 1.54) is 0 Å². The predicted molar refractivity (Wildman–Crippen MR) is 88.9 cm³/mol. The van der Waals surface area contributed by atoms with E-state index in [0.717, 1.165) is 9.80 Å². The molecule has 6 heteroatoms. The number of nitrogens with one attached hydrogen (secondary N) is 1. The zero-order valence-corrected chi connectivity index (χ0v) is 13.6. The van der Waals surface area contributed by atoms with Gasteiger partial charge < -0.3 is 5.32 Å². The van der Waals surface area contributed by atoms with Gasteiger partial charge in [-0.2, -0.15) is 0 Å². The van der Waals surface area contributed by atoms with Crippen LogP contribution in [-0.2, 0) is 14.4 Å². The molecule has 2 atom stereocenters. The van der Waals surface area contributed by atoms with Gasteiger partial charge in [0.15, 0.2) is 0 Å². The van der Waals surface area contributed by atoms with E-state index in [1.54, 1.807) is 17.8 Å². The number of allylic oxidation sites excluding steroid dienone is 2. The molecule has 0 unspecified atom stereocenters. The lowest BCUT2D eigenvalue weighted by molar-refractivity contribution is -0.142. The second-order valence-corrected chi connectivity index (χ2v) is 6.58. The molecule has 1 aliphatic heterocycles. The highest BCUT2D eigenvalue weighted by Crippen LogP contribution is 2.34. The van der Waals surface area contributed by atoms with Crippen LogP contribution in [0.1, 0.15) is 12.8 Å². The maximum Gasteiger partial charge on any atom is 0.244 e. The highest BCUT2D eigenvalue weighted by atomic mass is 32.2.